The van der Waals surface area contributed by atoms with Gasteiger partial charge in [0.15, 0.2) is 17.2 Å². The number of carbonyl (C=O) groups is 1. The molecule has 0 radical (unpaired) electrons. The average molecular weight is 297 g/mol. The first kappa shape index (κ1) is 13.9. The molecular weight excluding hydrogens is 282 g/mol. The standard InChI is InChI=1S/C14H15N7O/c1-8(2)21-13-9(6-19-21)5-10(7-18-13)20-14(22)11-12(15)17-4-3-16-11/h3-8H,1-2H3,(H2,15,17)(H,20,22). The lowest BCUT2D eigenvalue weighted by molar-refractivity contribution is 0.102. The molecule has 3 aromatic heterocycles. The van der Waals surface area contributed by atoms with Gasteiger partial charge in [-0.3, -0.25) is 4.79 Å². The number of hydrogen-bond donors (Lipinski definition) is 2. The van der Waals surface area contributed by atoms with Gasteiger partial charge in [-0.2, -0.15) is 5.10 Å². The number of nitrogens with zero attached hydrogens (tertiary/aromatic N) is 5. The molecule has 0 aliphatic carbocycles. The van der Waals surface area contributed by atoms with Crippen molar-refractivity contribution in [1.82, 2.24) is 24.7 Å². The van der Waals surface area contributed by atoms with Gasteiger partial charge in [-0.05, 0) is 19.9 Å². The minimum atomic E-state index is -0.428. The molecule has 3 aromatic rings. The Morgan fingerprint density at radius 3 is 2.73 bits per heavy atom. The molecule has 0 saturated heterocycles. The predicted octanol–water partition coefficient (Wildman–Crippen LogP) is 1.64. The summed E-state index contributed by atoms with van der Waals surface area (Å²) in [6, 6.07) is 2.02. The lowest BCUT2D eigenvalue weighted by atomic mass is 10.3. The van der Waals surface area contributed by atoms with Crippen LogP contribution in [0.4, 0.5) is 11.5 Å². The van der Waals surface area contributed by atoms with Crippen molar-refractivity contribution in [3.8, 4) is 0 Å². The molecule has 0 unspecified atom stereocenters. The van der Waals surface area contributed by atoms with Gasteiger partial charge in [0.25, 0.3) is 5.91 Å². The second kappa shape index (κ2) is 5.40. The van der Waals surface area contributed by atoms with Gasteiger partial charge in [-0.25, -0.2) is 19.6 Å². The summed E-state index contributed by atoms with van der Waals surface area (Å²) in [5.74, 6) is -0.343. The molecule has 0 bridgehead atoms. The highest BCUT2D eigenvalue weighted by Crippen LogP contribution is 2.19. The summed E-state index contributed by atoms with van der Waals surface area (Å²) >= 11 is 0. The van der Waals surface area contributed by atoms with Crippen molar-refractivity contribution in [3.05, 3.63) is 36.5 Å². The number of anilines is 2. The van der Waals surface area contributed by atoms with Crippen LogP contribution in [0.15, 0.2) is 30.9 Å². The predicted molar refractivity (Wildman–Crippen MR) is 82.3 cm³/mol. The summed E-state index contributed by atoms with van der Waals surface area (Å²) < 4.78 is 1.82. The van der Waals surface area contributed by atoms with E-state index in [1.54, 1.807) is 18.5 Å². The molecule has 0 atom stereocenters. The van der Waals surface area contributed by atoms with E-state index in [-0.39, 0.29) is 17.6 Å². The molecule has 0 aromatic carbocycles. The van der Waals surface area contributed by atoms with Gasteiger partial charge in [0.2, 0.25) is 0 Å². The van der Waals surface area contributed by atoms with Crippen LogP contribution in [-0.2, 0) is 0 Å². The van der Waals surface area contributed by atoms with E-state index in [1.165, 1.54) is 12.4 Å². The van der Waals surface area contributed by atoms with Crippen molar-refractivity contribution in [2.45, 2.75) is 19.9 Å². The lowest BCUT2D eigenvalue weighted by Gasteiger charge is -2.08. The van der Waals surface area contributed by atoms with Crippen LogP contribution < -0.4 is 11.1 Å². The molecule has 22 heavy (non-hydrogen) atoms. The van der Waals surface area contributed by atoms with E-state index in [2.05, 4.69) is 25.4 Å². The molecule has 3 heterocycles. The van der Waals surface area contributed by atoms with Crippen molar-refractivity contribution in [3.63, 3.8) is 0 Å². The fraction of sp³-hybridized carbons (Fsp3) is 0.214. The Morgan fingerprint density at radius 1 is 1.23 bits per heavy atom. The van der Waals surface area contributed by atoms with Crippen LogP contribution in [0.5, 0.6) is 0 Å². The van der Waals surface area contributed by atoms with Crippen molar-refractivity contribution in [1.29, 1.82) is 0 Å². The number of nitrogens with one attached hydrogen (secondary N) is 1. The van der Waals surface area contributed by atoms with Crippen LogP contribution in [0.2, 0.25) is 0 Å². The second-order valence-corrected chi connectivity index (χ2v) is 5.06. The van der Waals surface area contributed by atoms with E-state index in [0.29, 0.717) is 5.69 Å². The fourth-order valence-corrected chi connectivity index (χ4v) is 2.10. The normalized spacial score (nSPS) is 11.0. The third kappa shape index (κ3) is 2.46. The lowest BCUT2D eigenvalue weighted by Crippen LogP contribution is -2.16. The number of nitrogens with two attached hydrogens (primary N) is 1. The number of fused-ring (bicyclic) bond motifs is 1. The van der Waals surface area contributed by atoms with Gasteiger partial charge < -0.3 is 11.1 Å². The quantitative estimate of drug-likeness (QED) is 0.760. The first-order chi connectivity index (χ1) is 10.6. The monoisotopic (exact) mass is 297 g/mol. The molecule has 3 N–H and O–H groups in total. The Morgan fingerprint density at radius 2 is 2.00 bits per heavy atom. The SMILES string of the molecule is CC(C)n1ncc2cc(NC(=O)c3nccnc3N)cnc21. The van der Waals surface area contributed by atoms with E-state index in [0.717, 1.165) is 11.0 Å². The van der Waals surface area contributed by atoms with Crippen LogP contribution in [0, 0.1) is 0 Å². The number of carbonyl (C=O) groups excluding carboxylic acids is 1. The van der Waals surface area contributed by atoms with Gasteiger partial charge in [0.1, 0.15) is 0 Å². The maximum atomic E-state index is 12.1. The third-order valence-corrected chi connectivity index (χ3v) is 3.12. The van der Waals surface area contributed by atoms with Crippen LogP contribution in [-0.4, -0.2) is 30.6 Å². The van der Waals surface area contributed by atoms with Crippen LogP contribution in [0.1, 0.15) is 30.4 Å². The number of hydrogen-bond acceptors (Lipinski definition) is 6. The highest BCUT2D eigenvalue weighted by molar-refractivity contribution is 6.06. The van der Waals surface area contributed by atoms with Crippen molar-refractivity contribution in [2.24, 2.45) is 0 Å². The Balaban J connectivity index is 1.88. The molecule has 112 valence electrons. The van der Waals surface area contributed by atoms with Crippen LogP contribution >= 0.6 is 0 Å². The molecule has 8 nitrogen and oxygen atoms in total. The van der Waals surface area contributed by atoms with Gasteiger partial charge >= 0.3 is 0 Å². The first-order valence-electron chi connectivity index (χ1n) is 6.77. The summed E-state index contributed by atoms with van der Waals surface area (Å²) in [5.41, 5.74) is 7.04. The highest BCUT2D eigenvalue weighted by Gasteiger charge is 2.13. The number of aromatic nitrogens is 5. The van der Waals surface area contributed by atoms with Gasteiger partial charge in [-0.1, -0.05) is 0 Å². The van der Waals surface area contributed by atoms with Gasteiger partial charge in [0, 0.05) is 23.8 Å². The summed E-state index contributed by atoms with van der Waals surface area (Å²) in [7, 11) is 0. The van der Waals surface area contributed by atoms with E-state index in [1.807, 2.05) is 18.5 Å². The summed E-state index contributed by atoms with van der Waals surface area (Å²) in [6.45, 7) is 4.06. The molecule has 0 aliphatic rings. The Labute approximate surface area is 126 Å². The Bertz CT molecular complexity index is 840. The number of nitrogen functional groups attached to an aromatic ring is 1. The smallest absolute Gasteiger partial charge is 0.278 e. The molecular formula is C14H15N7O. The van der Waals surface area contributed by atoms with Crippen LogP contribution in [0.3, 0.4) is 0 Å². The average Bonchev–Trinajstić information content (AvgIpc) is 2.91. The molecule has 0 spiro atoms. The Kier molecular flexibility index (Phi) is 3.42. The molecule has 8 heteroatoms. The van der Waals surface area contributed by atoms with E-state index in [9.17, 15) is 4.79 Å². The first-order valence-corrected chi connectivity index (χ1v) is 6.77. The van der Waals surface area contributed by atoms with Crippen molar-refractivity contribution >= 4 is 28.4 Å². The highest BCUT2D eigenvalue weighted by atomic mass is 16.1. The van der Waals surface area contributed by atoms with Crippen molar-refractivity contribution in [2.75, 3.05) is 11.1 Å². The molecule has 1 amide bonds. The summed E-state index contributed by atoms with van der Waals surface area (Å²) in [4.78, 5) is 24.3. The largest absolute Gasteiger partial charge is 0.382 e. The molecule has 0 aliphatic heterocycles. The third-order valence-electron chi connectivity index (χ3n) is 3.12. The number of rotatable bonds is 3. The van der Waals surface area contributed by atoms with Crippen molar-refractivity contribution < 1.29 is 4.79 Å². The van der Waals surface area contributed by atoms with E-state index in [4.69, 9.17) is 5.73 Å². The minimum Gasteiger partial charge on any atom is -0.382 e. The minimum absolute atomic E-state index is 0.0838. The summed E-state index contributed by atoms with van der Waals surface area (Å²) in [5, 5.41) is 7.84. The van der Waals surface area contributed by atoms with E-state index < -0.39 is 5.91 Å². The topological polar surface area (TPSA) is 112 Å². The second-order valence-electron chi connectivity index (χ2n) is 5.06. The van der Waals surface area contributed by atoms with Gasteiger partial charge in [0.05, 0.1) is 18.1 Å². The fourth-order valence-electron chi connectivity index (χ4n) is 2.10. The molecule has 3 rings (SSSR count). The zero-order chi connectivity index (χ0) is 15.7. The van der Waals surface area contributed by atoms with E-state index >= 15 is 0 Å². The maximum absolute atomic E-state index is 12.1. The number of amides is 1. The zero-order valence-electron chi connectivity index (χ0n) is 12.2. The summed E-state index contributed by atoms with van der Waals surface area (Å²) in [6.07, 6.45) is 6.14. The van der Waals surface area contributed by atoms with Crippen LogP contribution in [0.25, 0.3) is 11.0 Å². The molecule has 0 saturated carbocycles. The number of pyridine rings is 1. The maximum Gasteiger partial charge on any atom is 0.278 e. The zero-order valence-corrected chi connectivity index (χ0v) is 12.2. The Hall–Kier alpha value is -3.03. The molecule has 0 fully saturated rings. The van der Waals surface area contributed by atoms with Gasteiger partial charge in [-0.15, -0.1) is 0 Å².